The minimum Gasteiger partial charge on any atom is -0.0991 e. The molecule has 0 fully saturated rings. The van der Waals surface area contributed by atoms with Crippen molar-refractivity contribution in [2.45, 2.75) is 26.0 Å². The Morgan fingerprint density at radius 1 is 0.815 bits per heavy atom. The Hall–Kier alpha value is -0.846. The Balaban J connectivity index is 4.51. The van der Waals surface area contributed by atoms with Crippen LogP contribution in [0.4, 0.5) is 0 Å². The van der Waals surface area contributed by atoms with Crippen LogP contribution < -0.4 is 0 Å². The van der Waals surface area contributed by atoms with Crippen molar-refractivity contribution < 1.29 is 0 Å². The van der Waals surface area contributed by atoms with Crippen LogP contribution in [0.25, 0.3) is 0 Å². The van der Waals surface area contributed by atoms with Crippen LogP contribution in [-0.2, 0) is 0 Å². The Labute approximate surface area is 177 Å². The average Bonchev–Trinajstić information content (AvgIpc) is 2.63. The van der Waals surface area contributed by atoms with E-state index in [-0.39, 0.29) is 0 Å². The standard InChI is InChI=1S/C16H33B11/c1-3-5-6-7-8-9-10-11-12-13-14-15-16-23(4-2)27(25(20)21)26(22-17)24(18)19/h3,5-14,22H,1,4,15-21H2,2H3/b6-5+,8-7+,10-9+,12-11+,14-13+. The van der Waals surface area contributed by atoms with Crippen LogP contribution in [0, 0.1) is 0 Å². The molecule has 0 aliphatic heterocycles. The molecule has 0 atom stereocenters. The van der Waals surface area contributed by atoms with Crippen LogP contribution in [0.3, 0.4) is 0 Å². The fourth-order valence-corrected chi connectivity index (χ4v) is 4.26. The topological polar surface area (TPSA) is 0 Å². The lowest BCUT2D eigenvalue weighted by atomic mass is 8.53. The van der Waals surface area contributed by atoms with Crippen LogP contribution in [0.5, 0.6) is 0 Å². The molecule has 0 heterocycles. The van der Waals surface area contributed by atoms with Crippen LogP contribution in [0.15, 0.2) is 73.4 Å². The Bertz CT molecular complexity index is 522. The van der Waals surface area contributed by atoms with E-state index in [1.54, 1.807) is 6.08 Å². The maximum atomic E-state index is 3.64. The highest BCUT2D eigenvalue weighted by Gasteiger charge is 2.37. The predicted molar refractivity (Wildman–Crippen MR) is 154 cm³/mol. The van der Waals surface area contributed by atoms with E-state index in [9.17, 15) is 0 Å². The molecule has 27 heavy (non-hydrogen) atoms. The first-order valence-electron chi connectivity index (χ1n) is 10.9. The third-order valence-corrected chi connectivity index (χ3v) is 5.53. The van der Waals surface area contributed by atoms with Gasteiger partial charge in [-0.15, -0.1) is 0 Å². The van der Waals surface area contributed by atoms with Crippen molar-refractivity contribution in [3.63, 3.8) is 0 Å². The third kappa shape index (κ3) is 12.3. The first-order valence-corrected chi connectivity index (χ1v) is 10.9. The van der Waals surface area contributed by atoms with Crippen LogP contribution in [0.2, 0.25) is 12.6 Å². The number of hydrogen-bond donors (Lipinski definition) is 0. The highest BCUT2D eigenvalue weighted by atomic mass is 13.8. The van der Waals surface area contributed by atoms with Crippen molar-refractivity contribution >= 4 is 77.9 Å². The highest BCUT2D eigenvalue weighted by molar-refractivity contribution is 8.03. The monoisotopic (exact) mass is 346 g/mol. The van der Waals surface area contributed by atoms with Crippen molar-refractivity contribution in [1.29, 1.82) is 0 Å². The molecule has 0 N–H and O–H groups in total. The van der Waals surface area contributed by atoms with Crippen LogP contribution >= 0.6 is 0 Å². The van der Waals surface area contributed by atoms with Gasteiger partial charge in [0, 0.05) is 32.6 Å². The van der Waals surface area contributed by atoms with E-state index in [0.29, 0.717) is 0 Å². The largest absolute Gasteiger partial charge is 0.0991 e. The molecule has 0 nitrogen and oxygen atoms in total. The first-order chi connectivity index (χ1) is 13.0. The molecule has 0 saturated carbocycles. The van der Waals surface area contributed by atoms with Crippen molar-refractivity contribution in [3.8, 4) is 0 Å². The molecule has 130 valence electrons. The number of rotatable bonds is 14. The molecular weight excluding hydrogens is 311 g/mol. The fraction of sp³-hybridized carbons (Fsp3) is 0.250. The lowest BCUT2D eigenvalue weighted by Crippen LogP contribution is -2.68. The normalized spacial score (nSPS) is 11.7. The summed E-state index contributed by atoms with van der Waals surface area (Å²) in [5.41, 5.74) is 0. The van der Waals surface area contributed by atoms with Gasteiger partial charge in [-0.3, -0.25) is 0 Å². The molecular formula is C16H33B11. The summed E-state index contributed by atoms with van der Waals surface area (Å²) in [6, 6.07) is 0. The Kier molecular flexibility index (Phi) is 16.7. The van der Waals surface area contributed by atoms with Gasteiger partial charge in [-0.2, -0.15) is 0 Å². The van der Waals surface area contributed by atoms with Crippen LogP contribution in [0.1, 0.15) is 13.3 Å². The molecule has 0 radical (unpaired) electrons. The van der Waals surface area contributed by atoms with Gasteiger partial charge in [-0.05, 0) is 6.42 Å². The van der Waals surface area contributed by atoms with E-state index in [1.807, 2.05) is 30.4 Å². The maximum absolute atomic E-state index is 3.64. The van der Waals surface area contributed by atoms with Gasteiger partial charge in [-0.25, -0.2) is 0 Å². The molecule has 0 aliphatic carbocycles. The summed E-state index contributed by atoms with van der Waals surface area (Å²) in [5.74, 6) is 0. The SMILES string of the molecule is BBB(B(B)B)B(B(B)B)B(CC)CC/C=C/C=C/C=C/C=C/C=C/C=C. The van der Waals surface area contributed by atoms with Gasteiger partial charge in [0.1, 0.15) is 0 Å². The molecule has 0 aromatic rings. The van der Waals surface area contributed by atoms with Crippen LogP contribution in [-0.4, -0.2) is 77.9 Å². The van der Waals surface area contributed by atoms with E-state index in [0.717, 1.165) is 32.1 Å². The number of hydrogen-bond acceptors (Lipinski definition) is 0. The van der Waals surface area contributed by atoms with E-state index in [2.05, 4.69) is 82.6 Å². The second-order valence-corrected chi connectivity index (χ2v) is 8.09. The lowest BCUT2D eigenvalue weighted by molar-refractivity contribution is 1.18. The minimum atomic E-state index is 0.769. The van der Waals surface area contributed by atoms with E-state index < -0.39 is 0 Å². The molecule has 0 amide bonds. The van der Waals surface area contributed by atoms with E-state index >= 15 is 0 Å². The van der Waals surface area contributed by atoms with Crippen molar-refractivity contribution in [2.75, 3.05) is 0 Å². The molecule has 0 aromatic heterocycles. The Morgan fingerprint density at radius 2 is 1.33 bits per heavy atom. The number of allylic oxidation sites excluding steroid dienone is 11. The molecule has 11 heteroatoms. The van der Waals surface area contributed by atoms with Crippen molar-refractivity contribution in [1.82, 2.24) is 0 Å². The second kappa shape index (κ2) is 17.3. The summed E-state index contributed by atoms with van der Waals surface area (Å²) >= 11 is 0. The average molecular weight is 344 g/mol. The summed E-state index contributed by atoms with van der Waals surface area (Å²) in [7, 11) is 13.3. The van der Waals surface area contributed by atoms with Gasteiger partial charge in [0.2, 0.25) is 0 Å². The zero-order chi connectivity index (χ0) is 20.5. The molecule has 0 rings (SSSR count). The molecule has 0 aliphatic rings. The molecule has 0 bridgehead atoms. The lowest BCUT2D eigenvalue weighted by Gasteiger charge is -2.32. The van der Waals surface area contributed by atoms with Gasteiger partial charge >= 0.3 is 0 Å². The second-order valence-electron chi connectivity index (χ2n) is 8.09. The van der Waals surface area contributed by atoms with Gasteiger partial charge in [-0.1, -0.05) is 93.0 Å². The first kappa shape index (κ1) is 26.2. The summed E-state index contributed by atoms with van der Waals surface area (Å²) in [6.45, 7) is 6.85. The highest BCUT2D eigenvalue weighted by Crippen LogP contribution is 2.11. The molecule has 0 aromatic carbocycles. The maximum Gasteiger partial charge on any atom is 0.0905 e. The van der Waals surface area contributed by atoms with Gasteiger partial charge < -0.3 is 0 Å². The van der Waals surface area contributed by atoms with Crippen molar-refractivity contribution in [3.05, 3.63) is 73.4 Å². The van der Waals surface area contributed by atoms with Gasteiger partial charge in [0.05, 0.1) is 45.3 Å². The Morgan fingerprint density at radius 3 is 1.74 bits per heavy atom. The summed E-state index contributed by atoms with van der Waals surface area (Å²) in [6.07, 6.45) is 29.5. The third-order valence-electron chi connectivity index (χ3n) is 5.53. The summed E-state index contributed by atoms with van der Waals surface area (Å²) in [4.78, 5) is 0. The van der Waals surface area contributed by atoms with Gasteiger partial charge in [0.15, 0.2) is 0 Å². The van der Waals surface area contributed by atoms with E-state index in [4.69, 9.17) is 0 Å². The smallest absolute Gasteiger partial charge is 0.0905 e. The van der Waals surface area contributed by atoms with E-state index in [1.165, 1.54) is 26.1 Å². The molecule has 0 saturated heterocycles. The quantitative estimate of drug-likeness (QED) is 0.256. The summed E-state index contributed by atoms with van der Waals surface area (Å²) in [5, 5.41) is 0. The zero-order valence-corrected chi connectivity index (χ0v) is 18.8. The van der Waals surface area contributed by atoms with Crippen molar-refractivity contribution in [2.24, 2.45) is 0 Å². The molecule has 0 spiro atoms. The predicted octanol–water partition coefficient (Wildman–Crippen LogP) is -1.85. The summed E-state index contributed by atoms with van der Waals surface area (Å²) < 4.78 is 0. The minimum absolute atomic E-state index is 0.769. The fourth-order valence-electron chi connectivity index (χ4n) is 4.26. The molecule has 0 unspecified atom stereocenters. The van der Waals surface area contributed by atoms with Gasteiger partial charge in [0.25, 0.3) is 0 Å². The zero-order valence-electron chi connectivity index (χ0n) is 18.8.